The highest BCUT2D eigenvalue weighted by atomic mass is 32.2. The summed E-state index contributed by atoms with van der Waals surface area (Å²) in [6, 6.07) is 13.1. The topological polar surface area (TPSA) is 57.7 Å². The molecule has 0 atom stereocenters. The van der Waals surface area contributed by atoms with E-state index in [1.54, 1.807) is 36.5 Å². The van der Waals surface area contributed by atoms with E-state index in [2.05, 4.69) is 0 Å². The van der Waals surface area contributed by atoms with Gasteiger partial charge < -0.3 is 4.90 Å². The molecule has 1 amide bonds. The molecule has 0 aliphatic rings. The van der Waals surface area contributed by atoms with Gasteiger partial charge in [-0.1, -0.05) is 36.4 Å². The van der Waals surface area contributed by atoms with Gasteiger partial charge >= 0.3 is 0 Å². The number of thiophene rings is 1. The lowest BCUT2D eigenvalue weighted by molar-refractivity contribution is -0.130. The second-order valence-electron chi connectivity index (χ2n) is 5.60. The lowest BCUT2D eigenvalue weighted by Gasteiger charge is -2.19. The van der Waals surface area contributed by atoms with Crippen LogP contribution in [0.15, 0.2) is 52.1 Å². The van der Waals surface area contributed by atoms with Crippen LogP contribution in [0, 0.1) is 0 Å². The second kappa shape index (κ2) is 8.41. The largest absolute Gasteiger partial charge is 0.341 e. The van der Waals surface area contributed by atoms with Gasteiger partial charge in [0.1, 0.15) is 4.21 Å². The molecule has 1 aromatic heterocycles. The summed E-state index contributed by atoms with van der Waals surface area (Å²) in [5.74, 6) is 0.0146. The molecule has 1 aromatic carbocycles. The lowest BCUT2D eigenvalue weighted by atomic mass is 10.2. The Hall–Kier alpha value is -1.70. The predicted molar refractivity (Wildman–Crippen MR) is 96.3 cm³/mol. The van der Waals surface area contributed by atoms with Crippen molar-refractivity contribution in [1.82, 2.24) is 9.21 Å². The molecule has 0 saturated heterocycles. The van der Waals surface area contributed by atoms with E-state index >= 15 is 0 Å². The standard InChI is InChI=1S/C17H22N2O3S2/c1-18(14-15-8-4-3-5-9-15)16(20)10-6-12-19(2)24(21,22)17-11-7-13-23-17/h3-5,7-9,11,13H,6,10,12,14H2,1-2H3. The van der Waals surface area contributed by atoms with Gasteiger partial charge in [0.2, 0.25) is 5.91 Å². The van der Waals surface area contributed by atoms with Gasteiger partial charge in [-0.2, -0.15) is 0 Å². The molecule has 2 aromatic rings. The number of benzene rings is 1. The van der Waals surface area contributed by atoms with Crippen molar-refractivity contribution in [2.45, 2.75) is 23.6 Å². The minimum absolute atomic E-state index is 0.0146. The Morgan fingerprint density at radius 1 is 1.08 bits per heavy atom. The molecule has 0 bridgehead atoms. The minimum Gasteiger partial charge on any atom is -0.341 e. The van der Waals surface area contributed by atoms with Crippen LogP contribution in [0.4, 0.5) is 0 Å². The van der Waals surface area contributed by atoms with E-state index in [0.717, 1.165) is 5.56 Å². The van der Waals surface area contributed by atoms with E-state index in [0.29, 0.717) is 30.1 Å². The van der Waals surface area contributed by atoms with Crippen LogP contribution in [0.5, 0.6) is 0 Å². The SMILES string of the molecule is CN(Cc1ccccc1)C(=O)CCCN(C)S(=O)(=O)c1cccs1. The third kappa shape index (κ3) is 4.90. The summed E-state index contributed by atoms with van der Waals surface area (Å²) >= 11 is 1.20. The molecule has 0 N–H and O–H groups in total. The average Bonchev–Trinajstić information content (AvgIpc) is 3.10. The zero-order valence-corrected chi connectivity index (χ0v) is 15.5. The molecule has 0 spiro atoms. The molecule has 0 unspecified atom stereocenters. The maximum absolute atomic E-state index is 12.3. The number of nitrogens with zero attached hydrogens (tertiary/aromatic N) is 2. The van der Waals surface area contributed by atoms with E-state index in [9.17, 15) is 13.2 Å². The molecule has 130 valence electrons. The number of hydrogen-bond donors (Lipinski definition) is 0. The Morgan fingerprint density at radius 3 is 2.42 bits per heavy atom. The Kier molecular flexibility index (Phi) is 6.53. The molecular formula is C17H22N2O3S2. The van der Waals surface area contributed by atoms with Gasteiger partial charge in [-0.25, -0.2) is 12.7 Å². The smallest absolute Gasteiger partial charge is 0.252 e. The van der Waals surface area contributed by atoms with Crippen LogP contribution in [0.3, 0.4) is 0 Å². The maximum Gasteiger partial charge on any atom is 0.252 e. The maximum atomic E-state index is 12.3. The predicted octanol–water partition coefficient (Wildman–Crippen LogP) is 2.81. The van der Waals surface area contributed by atoms with E-state index in [-0.39, 0.29) is 5.91 Å². The number of rotatable bonds is 8. The van der Waals surface area contributed by atoms with Gasteiger partial charge in [0, 0.05) is 33.6 Å². The van der Waals surface area contributed by atoms with Crippen molar-refractivity contribution in [2.24, 2.45) is 0 Å². The van der Waals surface area contributed by atoms with Crippen LogP contribution in [-0.4, -0.2) is 44.2 Å². The number of sulfonamides is 1. The first-order chi connectivity index (χ1) is 11.4. The number of hydrogen-bond acceptors (Lipinski definition) is 4. The van der Waals surface area contributed by atoms with Crippen LogP contribution in [-0.2, 0) is 21.4 Å². The van der Waals surface area contributed by atoms with Gasteiger partial charge in [0.05, 0.1) is 0 Å². The summed E-state index contributed by atoms with van der Waals surface area (Å²) < 4.78 is 26.2. The highest BCUT2D eigenvalue weighted by Crippen LogP contribution is 2.20. The van der Waals surface area contributed by atoms with Crippen molar-refractivity contribution in [3.63, 3.8) is 0 Å². The Labute approximate surface area is 147 Å². The van der Waals surface area contributed by atoms with Crippen LogP contribution >= 0.6 is 11.3 Å². The average molecular weight is 367 g/mol. The number of carbonyl (C=O) groups excluding carboxylic acids is 1. The molecular weight excluding hydrogens is 344 g/mol. The van der Waals surface area contributed by atoms with Crippen molar-refractivity contribution < 1.29 is 13.2 Å². The van der Waals surface area contributed by atoms with E-state index in [1.165, 1.54) is 15.6 Å². The van der Waals surface area contributed by atoms with Crippen molar-refractivity contribution in [2.75, 3.05) is 20.6 Å². The first-order valence-corrected chi connectivity index (χ1v) is 10.0. The Morgan fingerprint density at radius 2 is 1.79 bits per heavy atom. The summed E-state index contributed by atoms with van der Waals surface area (Å²) in [6.07, 6.45) is 0.826. The lowest BCUT2D eigenvalue weighted by Crippen LogP contribution is -2.30. The van der Waals surface area contributed by atoms with E-state index in [4.69, 9.17) is 0 Å². The molecule has 0 fully saturated rings. The molecule has 2 rings (SSSR count). The fourth-order valence-electron chi connectivity index (χ4n) is 2.27. The first-order valence-electron chi connectivity index (χ1n) is 7.69. The van der Waals surface area contributed by atoms with Crippen molar-refractivity contribution in [3.05, 3.63) is 53.4 Å². The van der Waals surface area contributed by atoms with Gasteiger partial charge in [-0.15, -0.1) is 11.3 Å². The van der Waals surface area contributed by atoms with E-state index in [1.807, 2.05) is 30.3 Å². The van der Waals surface area contributed by atoms with Crippen LogP contribution < -0.4 is 0 Å². The number of carbonyl (C=O) groups is 1. The zero-order chi connectivity index (χ0) is 17.6. The normalized spacial score (nSPS) is 11.6. The molecule has 7 heteroatoms. The van der Waals surface area contributed by atoms with Crippen LogP contribution in [0.2, 0.25) is 0 Å². The molecule has 0 aliphatic carbocycles. The quantitative estimate of drug-likeness (QED) is 0.722. The minimum atomic E-state index is -3.44. The van der Waals surface area contributed by atoms with E-state index < -0.39 is 10.0 Å². The molecule has 0 aliphatic heterocycles. The first kappa shape index (κ1) is 18.6. The summed E-state index contributed by atoms with van der Waals surface area (Å²) in [4.78, 5) is 13.8. The summed E-state index contributed by atoms with van der Waals surface area (Å²) in [5.41, 5.74) is 1.07. The Balaban J connectivity index is 1.80. The van der Waals surface area contributed by atoms with Crippen LogP contribution in [0.25, 0.3) is 0 Å². The van der Waals surface area contributed by atoms with Crippen LogP contribution in [0.1, 0.15) is 18.4 Å². The van der Waals surface area contributed by atoms with Crippen molar-refractivity contribution in [1.29, 1.82) is 0 Å². The fraction of sp³-hybridized carbons (Fsp3) is 0.353. The molecule has 0 saturated carbocycles. The van der Waals surface area contributed by atoms with Gasteiger partial charge in [0.25, 0.3) is 10.0 Å². The second-order valence-corrected chi connectivity index (χ2v) is 8.82. The monoisotopic (exact) mass is 366 g/mol. The highest BCUT2D eigenvalue weighted by Gasteiger charge is 2.21. The summed E-state index contributed by atoms with van der Waals surface area (Å²) in [7, 11) is -0.121. The van der Waals surface area contributed by atoms with Gasteiger partial charge in [0.15, 0.2) is 0 Å². The summed E-state index contributed by atoms with van der Waals surface area (Å²) in [6.45, 7) is 0.883. The number of amides is 1. The molecule has 5 nitrogen and oxygen atoms in total. The third-order valence-electron chi connectivity index (χ3n) is 3.71. The van der Waals surface area contributed by atoms with Crippen molar-refractivity contribution >= 4 is 27.3 Å². The third-order valence-corrected chi connectivity index (χ3v) is 6.94. The Bertz CT molecular complexity index is 743. The molecule has 24 heavy (non-hydrogen) atoms. The summed E-state index contributed by atoms with van der Waals surface area (Å²) in [5, 5.41) is 1.74. The van der Waals surface area contributed by atoms with Gasteiger partial charge in [-0.3, -0.25) is 4.79 Å². The zero-order valence-electron chi connectivity index (χ0n) is 13.9. The molecule has 1 heterocycles. The highest BCUT2D eigenvalue weighted by molar-refractivity contribution is 7.91. The molecule has 0 radical (unpaired) electrons. The fourth-order valence-corrected chi connectivity index (χ4v) is 4.68. The van der Waals surface area contributed by atoms with Crippen molar-refractivity contribution in [3.8, 4) is 0 Å². The van der Waals surface area contributed by atoms with Gasteiger partial charge in [-0.05, 0) is 23.4 Å².